The highest BCUT2D eigenvalue weighted by molar-refractivity contribution is 5.72. The highest BCUT2D eigenvalue weighted by Crippen LogP contribution is 2.39. The molecule has 2 bridgehead atoms. The molecule has 2 atom stereocenters. The molecule has 2 nitrogen and oxygen atoms in total. The first-order valence-electron chi connectivity index (χ1n) is 9.05. The van der Waals surface area contributed by atoms with Gasteiger partial charge in [0.1, 0.15) is 0 Å². The Kier molecular flexibility index (Phi) is 4.57. The van der Waals surface area contributed by atoms with Gasteiger partial charge in [-0.25, -0.2) is 8.78 Å². The fraction of sp³-hybridized carbons (Fsp3) is 0.318. The number of hydrogen-bond acceptors (Lipinski definition) is 2. The van der Waals surface area contributed by atoms with Crippen molar-refractivity contribution in [2.24, 2.45) is 0 Å². The van der Waals surface area contributed by atoms with Crippen LogP contribution in [0.2, 0.25) is 0 Å². The third-order valence-electron chi connectivity index (χ3n) is 5.52. The summed E-state index contributed by atoms with van der Waals surface area (Å²) >= 11 is 0. The van der Waals surface area contributed by atoms with Crippen LogP contribution in [0.15, 0.2) is 48.5 Å². The van der Waals surface area contributed by atoms with Gasteiger partial charge in [-0.15, -0.1) is 0 Å². The second-order valence-electron chi connectivity index (χ2n) is 7.13. The molecule has 2 aromatic rings. The highest BCUT2D eigenvalue weighted by Gasteiger charge is 2.34. The monoisotopic (exact) mass is 350 g/mol. The quantitative estimate of drug-likeness (QED) is 0.775. The molecule has 0 N–H and O–H groups in total. The molecule has 132 valence electrons. The topological polar surface area (TPSA) is 27.0 Å². The van der Waals surface area contributed by atoms with E-state index >= 15 is 0 Å². The van der Waals surface area contributed by atoms with Gasteiger partial charge in [0.05, 0.1) is 11.6 Å². The lowest BCUT2D eigenvalue weighted by molar-refractivity contribution is 0.0951. The van der Waals surface area contributed by atoms with Crippen LogP contribution in [0.3, 0.4) is 0 Å². The smallest absolute Gasteiger partial charge is 0.160 e. The van der Waals surface area contributed by atoms with Gasteiger partial charge in [-0.05, 0) is 48.1 Å². The molecule has 2 aromatic carbocycles. The van der Waals surface area contributed by atoms with E-state index in [1.165, 1.54) is 18.1 Å². The molecule has 0 aromatic heterocycles. The molecule has 0 saturated carbocycles. The van der Waals surface area contributed by atoms with E-state index in [0.717, 1.165) is 37.4 Å². The molecular formula is C22H20F2N2. The predicted octanol–water partition coefficient (Wildman–Crippen LogP) is 5.05. The summed E-state index contributed by atoms with van der Waals surface area (Å²) in [6, 6.07) is 15.3. The number of rotatable bonds is 3. The van der Waals surface area contributed by atoms with E-state index in [1.54, 1.807) is 0 Å². The summed E-state index contributed by atoms with van der Waals surface area (Å²) in [4.78, 5) is 2.51. The third-order valence-corrected chi connectivity index (χ3v) is 5.52. The molecule has 2 aliphatic heterocycles. The van der Waals surface area contributed by atoms with Gasteiger partial charge in [0.15, 0.2) is 11.6 Å². The maximum absolute atomic E-state index is 13.8. The maximum atomic E-state index is 13.8. The van der Waals surface area contributed by atoms with Gasteiger partial charge < -0.3 is 0 Å². The fourth-order valence-corrected chi connectivity index (χ4v) is 4.26. The van der Waals surface area contributed by atoms with Crippen molar-refractivity contribution < 1.29 is 8.78 Å². The van der Waals surface area contributed by atoms with E-state index in [1.807, 2.05) is 12.1 Å². The van der Waals surface area contributed by atoms with Gasteiger partial charge >= 0.3 is 0 Å². The van der Waals surface area contributed by atoms with Crippen LogP contribution in [0.1, 0.15) is 42.4 Å². The average Bonchev–Trinajstić information content (AvgIpc) is 2.64. The zero-order valence-electron chi connectivity index (χ0n) is 14.5. The average molecular weight is 350 g/mol. The number of piperidine rings is 1. The number of benzene rings is 2. The summed E-state index contributed by atoms with van der Waals surface area (Å²) in [5.41, 5.74) is 3.01. The molecule has 0 aliphatic carbocycles. The lowest BCUT2D eigenvalue weighted by Crippen LogP contribution is -2.47. The summed E-state index contributed by atoms with van der Waals surface area (Å²) < 4.78 is 27.3. The highest BCUT2D eigenvalue weighted by atomic mass is 19.2. The first-order chi connectivity index (χ1) is 12.7. The summed E-state index contributed by atoms with van der Waals surface area (Å²) in [6.45, 7) is 0.892. The summed E-state index contributed by atoms with van der Waals surface area (Å²) in [5, 5.41) is 9.34. The maximum Gasteiger partial charge on any atom is 0.160 e. The van der Waals surface area contributed by atoms with Gasteiger partial charge in [-0.2, -0.15) is 5.26 Å². The number of nitriles is 1. The van der Waals surface area contributed by atoms with Crippen LogP contribution in [0.4, 0.5) is 8.78 Å². The number of fused-ring (bicyclic) bond motifs is 2. The fourth-order valence-electron chi connectivity index (χ4n) is 4.26. The van der Waals surface area contributed by atoms with E-state index in [4.69, 9.17) is 0 Å². The minimum absolute atomic E-state index is 0.213. The molecule has 0 spiro atoms. The Morgan fingerprint density at radius 1 is 1.08 bits per heavy atom. The molecule has 2 aliphatic rings. The SMILES string of the molecule is N#Cc1cc(F)c(F)cc1C1=CC2CCCC(C1)N2Cc1ccccc1. The van der Waals surface area contributed by atoms with Gasteiger partial charge in [0, 0.05) is 18.6 Å². The van der Waals surface area contributed by atoms with Crippen molar-refractivity contribution in [2.75, 3.05) is 0 Å². The molecule has 1 fully saturated rings. The van der Waals surface area contributed by atoms with E-state index in [-0.39, 0.29) is 11.6 Å². The van der Waals surface area contributed by atoms with Crippen LogP contribution in [0.5, 0.6) is 0 Å². The second-order valence-corrected chi connectivity index (χ2v) is 7.13. The molecule has 4 heteroatoms. The van der Waals surface area contributed by atoms with E-state index in [0.29, 0.717) is 11.6 Å². The molecule has 0 radical (unpaired) electrons. The normalized spacial score (nSPS) is 22.6. The summed E-state index contributed by atoms with van der Waals surface area (Å²) in [5.74, 6) is -1.86. The molecule has 1 saturated heterocycles. The standard InChI is InChI=1S/C22H20F2N2/c23-21-11-17(13-25)20(12-22(21)24)16-9-18-7-4-8-19(10-16)26(18)14-15-5-2-1-3-6-15/h1-3,5-6,9,11-12,18-19H,4,7-8,10,14H2. The minimum atomic E-state index is -0.965. The lowest BCUT2D eigenvalue weighted by atomic mass is 9.81. The molecule has 0 amide bonds. The molecule has 26 heavy (non-hydrogen) atoms. The van der Waals surface area contributed by atoms with Crippen molar-refractivity contribution in [1.29, 1.82) is 5.26 Å². The Morgan fingerprint density at radius 3 is 2.58 bits per heavy atom. The van der Waals surface area contributed by atoms with Crippen molar-refractivity contribution in [1.82, 2.24) is 4.90 Å². The van der Waals surface area contributed by atoms with Gasteiger partial charge in [0.2, 0.25) is 0 Å². The van der Waals surface area contributed by atoms with Crippen molar-refractivity contribution >= 4 is 5.57 Å². The largest absolute Gasteiger partial charge is 0.289 e. The second kappa shape index (κ2) is 7.01. The first-order valence-corrected chi connectivity index (χ1v) is 9.05. The van der Waals surface area contributed by atoms with Gasteiger partial charge in [-0.1, -0.05) is 42.8 Å². The van der Waals surface area contributed by atoms with Crippen molar-refractivity contribution in [2.45, 2.75) is 44.3 Å². The van der Waals surface area contributed by atoms with Crippen LogP contribution < -0.4 is 0 Å². The number of halogens is 2. The Bertz CT molecular complexity index is 883. The van der Waals surface area contributed by atoms with Crippen LogP contribution in [0.25, 0.3) is 5.57 Å². The van der Waals surface area contributed by atoms with Crippen molar-refractivity contribution in [3.63, 3.8) is 0 Å². The summed E-state index contributed by atoms with van der Waals surface area (Å²) in [7, 11) is 0. The third kappa shape index (κ3) is 3.15. The van der Waals surface area contributed by atoms with Crippen molar-refractivity contribution in [3.05, 3.63) is 76.9 Å². The Hall–Kier alpha value is -2.51. The van der Waals surface area contributed by atoms with Crippen LogP contribution in [-0.2, 0) is 6.54 Å². The summed E-state index contributed by atoms with van der Waals surface area (Å²) in [6.07, 6.45) is 6.24. The molecule has 4 rings (SSSR count). The number of nitrogens with zero attached hydrogens (tertiary/aromatic N) is 2. The van der Waals surface area contributed by atoms with Gasteiger partial charge in [-0.3, -0.25) is 4.90 Å². The van der Waals surface area contributed by atoms with Gasteiger partial charge in [0.25, 0.3) is 0 Å². The number of hydrogen-bond donors (Lipinski definition) is 0. The minimum Gasteiger partial charge on any atom is -0.289 e. The molecule has 2 heterocycles. The van der Waals surface area contributed by atoms with E-state index < -0.39 is 11.6 Å². The molecule has 2 unspecified atom stereocenters. The van der Waals surface area contributed by atoms with Crippen LogP contribution in [0, 0.1) is 23.0 Å². The molecular weight excluding hydrogens is 330 g/mol. The Labute approximate surface area is 152 Å². The first kappa shape index (κ1) is 16.9. The van der Waals surface area contributed by atoms with E-state index in [9.17, 15) is 14.0 Å². The van der Waals surface area contributed by atoms with E-state index in [2.05, 4.69) is 35.2 Å². The zero-order valence-corrected chi connectivity index (χ0v) is 14.5. The van der Waals surface area contributed by atoms with Crippen LogP contribution >= 0.6 is 0 Å². The van der Waals surface area contributed by atoms with Crippen molar-refractivity contribution in [3.8, 4) is 6.07 Å². The predicted molar refractivity (Wildman–Crippen MR) is 97.1 cm³/mol. The van der Waals surface area contributed by atoms with Crippen LogP contribution in [-0.4, -0.2) is 17.0 Å². The Morgan fingerprint density at radius 2 is 1.85 bits per heavy atom. The Balaban J connectivity index is 1.67. The lowest BCUT2D eigenvalue weighted by Gasteiger charge is -2.45. The zero-order chi connectivity index (χ0) is 18.1.